The number of hydrogen-bond acceptors (Lipinski definition) is 4. The highest BCUT2D eigenvalue weighted by Crippen LogP contribution is 2.21. The first-order chi connectivity index (χ1) is 10.5. The van der Waals surface area contributed by atoms with E-state index in [0.29, 0.717) is 25.9 Å². The maximum Gasteiger partial charge on any atom is 0.320 e. The van der Waals surface area contributed by atoms with Crippen molar-refractivity contribution in [2.75, 3.05) is 31.1 Å². The molecule has 5 nitrogen and oxygen atoms in total. The van der Waals surface area contributed by atoms with Gasteiger partial charge < -0.3 is 14.8 Å². The average Bonchev–Trinajstić information content (AvgIpc) is 2.47. The van der Waals surface area contributed by atoms with Crippen molar-refractivity contribution in [1.29, 1.82) is 0 Å². The van der Waals surface area contributed by atoms with E-state index >= 15 is 0 Å². The molecule has 1 heterocycles. The van der Waals surface area contributed by atoms with Crippen LogP contribution in [0.3, 0.4) is 0 Å². The van der Waals surface area contributed by atoms with Crippen LogP contribution in [0.4, 0.5) is 5.69 Å². The molecule has 1 aromatic carbocycles. The Balaban J connectivity index is 1.99. The van der Waals surface area contributed by atoms with Gasteiger partial charge in [0, 0.05) is 38.3 Å². The molecule has 1 atom stereocenters. The van der Waals surface area contributed by atoms with Gasteiger partial charge in [0.25, 0.3) is 0 Å². The normalized spacial score (nSPS) is 17.3. The summed E-state index contributed by atoms with van der Waals surface area (Å²) in [4.78, 5) is 26.1. The Morgan fingerprint density at radius 3 is 2.27 bits per heavy atom. The minimum atomic E-state index is -0.832. The third kappa shape index (κ3) is 4.07. The van der Waals surface area contributed by atoms with E-state index in [9.17, 15) is 14.7 Å². The Morgan fingerprint density at radius 1 is 1.18 bits per heavy atom. The molecule has 1 aliphatic rings. The number of aryl methyl sites for hydroxylation is 2. The Kier molecular flexibility index (Phi) is 5.55. The number of rotatable bonds is 6. The summed E-state index contributed by atoms with van der Waals surface area (Å²) < 4.78 is 0. The van der Waals surface area contributed by atoms with Crippen molar-refractivity contribution in [2.45, 2.75) is 32.7 Å². The number of carbonyl (C=O) groups excluding carboxylic acids is 1. The van der Waals surface area contributed by atoms with E-state index in [4.69, 9.17) is 0 Å². The summed E-state index contributed by atoms with van der Waals surface area (Å²) >= 11 is 0. The van der Waals surface area contributed by atoms with Crippen LogP contribution in [0, 0.1) is 13.8 Å². The lowest BCUT2D eigenvalue weighted by Gasteiger charge is -2.39. The first-order valence-corrected chi connectivity index (χ1v) is 7.75. The molecule has 1 fully saturated rings. The Bertz CT molecular complexity index is 516. The van der Waals surface area contributed by atoms with Crippen LogP contribution in [0.1, 0.15) is 24.0 Å². The Hall–Kier alpha value is -1.88. The summed E-state index contributed by atoms with van der Waals surface area (Å²) in [5.74, 6) is -0.832. The Labute approximate surface area is 131 Å². The fourth-order valence-corrected chi connectivity index (χ4v) is 3.11. The molecular weight excluding hydrogens is 280 g/mol. The average molecular weight is 304 g/mol. The number of piperazine rings is 1. The highest BCUT2D eigenvalue weighted by atomic mass is 16.4. The summed E-state index contributed by atoms with van der Waals surface area (Å²) in [6.45, 7) is 7.23. The summed E-state index contributed by atoms with van der Waals surface area (Å²) in [5, 5.41) is 9.34. The molecule has 0 spiro atoms. The molecule has 1 aliphatic heterocycles. The minimum absolute atomic E-state index is 0.300. The monoisotopic (exact) mass is 304 g/mol. The second kappa shape index (κ2) is 7.40. The lowest BCUT2D eigenvalue weighted by molar-refractivity contribution is -0.143. The molecule has 1 aromatic rings. The van der Waals surface area contributed by atoms with Gasteiger partial charge in [-0.2, -0.15) is 0 Å². The van der Waals surface area contributed by atoms with Gasteiger partial charge in [-0.3, -0.25) is 9.69 Å². The third-order valence-corrected chi connectivity index (χ3v) is 4.17. The first kappa shape index (κ1) is 16.5. The lowest BCUT2D eigenvalue weighted by Crippen LogP contribution is -2.52. The highest BCUT2D eigenvalue weighted by molar-refractivity contribution is 5.74. The molecule has 0 radical (unpaired) electrons. The number of aliphatic carboxylic acids is 1. The van der Waals surface area contributed by atoms with E-state index in [1.165, 1.54) is 16.8 Å². The van der Waals surface area contributed by atoms with Gasteiger partial charge in [0.15, 0.2) is 0 Å². The zero-order valence-electron chi connectivity index (χ0n) is 13.3. The van der Waals surface area contributed by atoms with Crippen molar-refractivity contribution in [1.82, 2.24) is 4.90 Å². The number of nitrogens with zero attached hydrogens (tertiary/aromatic N) is 2. The molecule has 2 rings (SSSR count). The summed E-state index contributed by atoms with van der Waals surface area (Å²) in [7, 11) is 0. The van der Waals surface area contributed by atoms with E-state index in [0.717, 1.165) is 19.4 Å². The number of carbonyl (C=O) groups is 2. The number of hydrogen-bond donors (Lipinski definition) is 1. The molecule has 1 saturated heterocycles. The van der Waals surface area contributed by atoms with Crippen LogP contribution < -0.4 is 4.90 Å². The van der Waals surface area contributed by atoms with Crippen LogP contribution in [0.15, 0.2) is 18.2 Å². The fourth-order valence-electron chi connectivity index (χ4n) is 3.11. The van der Waals surface area contributed by atoms with Crippen LogP contribution in [-0.4, -0.2) is 54.5 Å². The standard InChI is InChI=1S/C17H24N2O3/c1-13-10-14(2)12-15(11-13)18-5-7-19(8-6-18)16(17(21)22)4-3-9-20/h9-12,16H,3-8H2,1-2H3,(H,21,22). The van der Waals surface area contributed by atoms with Gasteiger partial charge in [-0.15, -0.1) is 0 Å². The topological polar surface area (TPSA) is 60.9 Å². The van der Waals surface area contributed by atoms with Gasteiger partial charge in [0.1, 0.15) is 12.3 Å². The molecule has 22 heavy (non-hydrogen) atoms. The zero-order valence-corrected chi connectivity index (χ0v) is 13.3. The molecule has 0 amide bonds. The number of carboxylic acid groups (broad SMARTS) is 1. The quantitative estimate of drug-likeness (QED) is 0.813. The van der Waals surface area contributed by atoms with Crippen LogP contribution in [0.2, 0.25) is 0 Å². The maximum atomic E-state index is 11.4. The van der Waals surface area contributed by atoms with Crippen LogP contribution >= 0.6 is 0 Å². The van der Waals surface area contributed by atoms with E-state index in [2.05, 4.69) is 36.9 Å². The van der Waals surface area contributed by atoms with Crippen LogP contribution in [0.25, 0.3) is 0 Å². The second-order valence-electron chi connectivity index (χ2n) is 5.97. The predicted molar refractivity (Wildman–Crippen MR) is 86.4 cm³/mol. The summed E-state index contributed by atoms with van der Waals surface area (Å²) in [5.41, 5.74) is 3.69. The van der Waals surface area contributed by atoms with E-state index in [1.807, 2.05) is 4.90 Å². The molecule has 1 N–H and O–H groups in total. The minimum Gasteiger partial charge on any atom is -0.480 e. The summed E-state index contributed by atoms with van der Waals surface area (Å²) in [6.07, 6.45) is 1.48. The molecule has 120 valence electrons. The van der Waals surface area contributed by atoms with Crippen molar-refractivity contribution in [2.24, 2.45) is 0 Å². The maximum absolute atomic E-state index is 11.4. The van der Waals surface area contributed by atoms with Gasteiger partial charge in [-0.1, -0.05) is 6.07 Å². The van der Waals surface area contributed by atoms with Crippen LogP contribution in [-0.2, 0) is 9.59 Å². The zero-order chi connectivity index (χ0) is 16.1. The van der Waals surface area contributed by atoms with Crippen LogP contribution in [0.5, 0.6) is 0 Å². The van der Waals surface area contributed by atoms with Crippen molar-refractivity contribution in [3.63, 3.8) is 0 Å². The molecule has 0 bridgehead atoms. The van der Waals surface area contributed by atoms with Gasteiger partial charge in [0.05, 0.1) is 0 Å². The fraction of sp³-hybridized carbons (Fsp3) is 0.529. The van der Waals surface area contributed by atoms with Crippen molar-refractivity contribution < 1.29 is 14.7 Å². The van der Waals surface area contributed by atoms with Crippen molar-refractivity contribution >= 4 is 17.9 Å². The summed E-state index contributed by atoms with van der Waals surface area (Å²) in [6, 6.07) is 5.94. The molecule has 0 aliphatic carbocycles. The number of carboxylic acids is 1. The molecular formula is C17H24N2O3. The van der Waals surface area contributed by atoms with Gasteiger partial charge in [-0.25, -0.2) is 0 Å². The van der Waals surface area contributed by atoms with E-state index in [-0.39, 0.29) is 0 Å². The Morgan fingerprint density at radius 2 is 1.77 bits per heavy atom. The predicted octanol–water partition coefficient (Wildman–Crippen LogP) is 1.86. The second-order valence-corrected chi connectivity index (χ2v) is 5.97. The van der Waals surface area contributed by atoms with Crippen molar-refractivity contribution in [3.8, 4) is 0 Å². The largest absolute Gasteiger partial charge is 0.480 e. The third-order valence-electron chi connectivity index (χ3n) is 4.17. The lowest BCUT2D eigenvalue weighted by atomic mass is 10.1. The molecule has 5 heteroatoms. The van der Waals surface area contributed by atoms with Gasteiger partial charge in [-0.05, 0) is 43.5 Å². The molecule has 0 aromatic heterocycles. The number of anilines is 1. The van der Waals surface area contributed by atoms with Gasteiger partial charge >= 0.3 is 5.97 Å². The highest BCUT2D eigenvalue weighted by Gasteiger charge is 2.28. The van der Waals surface area contributed by atoms with E-state index in [1.54, 1.807) is 0 Å². The van der Waals surface area contributed by atoms with E-state index < -0.39 is 12.0 Å². The SMILES string of the molecule is Cc1cc(C)cc(N2CCN(C(CCC=O)C(=O)O)CC2)c1. The first-order valence-electron chi connectivity index (χ1n) is 7.75. The van der Waals surface area contributed by atoms with Gasteiger partial charge in [0.2, 0.25) is 0 Å². The molecule has 0 saturated carbocycles. The number of aldehydes is 1. The van der Waals surface area contributed by atoms with Crippen molar-refractivity contribution in [3.05, 3.63) is 29.3 Å². The smallest absolute Gasteiger partial charge is 0.320 e. The molecule has 1 unspecified atom stereocenters. The number of benzene rings is 1.